The van der Waals surface area contributed by atoms with E-state index in [1.54, 1.807) is 43.3 Å². The number of carbonyl (C=O) groups is 2. The summed E-state index contributed by atoms with van der Waals surface area (Å²) in [5.74, 6) is -0.364. The van der Waals surface area contributed by atoms with Crippen LogP contribution in [-0.2, 0) is 4.74 Å². The van der Waals surface area contributed by atoms with Gasteiger partial charge in [0.05, 0.1) is 17.9 Å². The molecule has 0 aliphatic heterocycles. The summed E-state index contributed by atoms with van der Waals surface area (Å²) in [6.45, 7) is 3.95. The van der Waals surface area contributed by atoms with Gasteiger partial charge >= 0.3 is 5.97 Å². The number of para-hydroxylation sites is 2. The maximum Gasteiger partial charge on any atom is 0.340 e. The lowest BCUT2D eigenvalue weighted by molar-refractivity contribution is 0.0527. The molecule has 1 heterocycles. The smallest absolute Gasteiger partial charge is 0.340 e. The number of amides is 1. The van der Waals surface area contributed by atoms with Crippen LogP contribution in [-0.4, -0.2) is 28.7 Å². The van der Waals surface area contributed by atoms with Crippen molar-refractivity contribution in [2.75, 3.05) is 17.2 Å². The zero-order valence-electron chi connectivity index (χ0n) is 15.6. The van der Waals surface area contributed by atoms with Crippen molar-refractivity contribution in [3.63, 3.8) is 0 Å². The van der Waals surface area contributed by atoms with Crippen molar-refractivity contribution < 1.29 is 14.3 Å². The molecular formula is C21H20N4O3. The number of hydrogen-bond donors (Lipinski definition) is 2. The number of hydrogen-bond acceptors (Lipinski definition) is 6. The number of nitrogens with one attached hydrogen (secondary N) is 2. The van der Waals surface area contributed by atoms with Gasteiger partial charge in [0.25, 0.3) is 5.91 Å². The minimum Gasteiger partial charge on any atom is -0.462 e. The molecule has 7 nitrogen and oxygen atoms in total. The van der Waals surface area contributed by atoms with Crippen LogP contribution in [0.5, 0.6) is 0 Å². The van der Waals surface area contributed by atoms with Gasteiger partial charge in [-0.1, -0.05) is 30.3 Å². The third-order valence-electron chi connectivity index (χ3n) is 3.98. The second-order valence-corrected chi connectivity index (χ2v) is 5.96. The van der Waals surface area contributed by atoms with Gasteiger partial charge in [-0.05, 0) is 49.7 Å². The van der Waals surface area contributed by atoms with E-state index in [0.29, 0.717) is 17.1 Å². The molecule has 28 heavy (non-hydrogen) atoms. The lowest BCUT2D eigenvalue weighted by atomic mass is 10.2. The summed E-state index contributed by atoms with van der Waals surface area (Å²) >= 11 is 0. The first-order valence-electron chi connectivity index (χ1n) is 8.82. The number of aryl methyl sites for hydroxylation is 1. The first-order valence-corrected chi connectivity index (χ1v) is 8.82. The van der Waals surface area contributed by atoms with E-state index >= 15 is 0 Å². The predicted octanol–water partition coefficient (Wildman–Crippen LogP) is 3.96. The van der Waals surface area contributed by atoms with Crippen LogP contribution in [0.2, 0.25) is 0 Å². The van der Waals surface area contributed by atoms with E-state index in [0.717, 1.165) is 11.3 Å². The monoisotopic (exact) mass is 376 g/mol. The van der Waals surface area contributed by atoms with E-state index in [2.05, 4.69) is 20.8 Å². The van der Waals surface area contributed by atoms with Crippen molar-refractivity contribution in [3.8, 4) is 0 Å². The number of anilines is 3. The lowest BCUT2D eigenvalue weighted by Gasteiger charge is -2.11. The van der Waals surface area contributed by atoms with Gasteiger partial charge in [-0.15, -0.1) is 10.2 Å². The Labute approximate surface area is 162 Å². The molecule has 0 atom stereocenters. The van der Waals surface area contributed by atoms with Crippen molar-refractivity contribution in [2.45, 2.75) is 13.8 Å². The number of benzene rings is 2. The van der Waals surface area contributed by atoms with Crippen LogP contribution in [0.25, 0.3) is 0 Å². The molecule has 0 bridgehead atoms. The standard InChI is InChI=1S/C21H20N4O3/c1-3-28-21(27)15-9-5-7-11-17(15)22-19-13-12-18(24-25-19)20(26)23-16-10-6-4-8-14(16)2/h4-13H,3H2,1-2H3,(H,22,25)(H,23,26). The van der Waals surface area contributed by atoms with E-state index < -0.39 is 5.97 Å². The molecule has 2 aromatic carbocycles. The summed E-state index contributed by atoms with van der Waals surface area (Å²) in [6.07, 6.45) is 0. The molecule has 0 fully saturated rings. The van der Waals surface area contributed by atoms with Crippen molar-refractivity contribution in [2.24, 2.45) is 0 Å². The van der Waals surface area contributed by atoms with Crippen LogP contribution < -0.4 is 10.6 Å². The molecule has 0 aliphatic rings. The highest BCUT2D eigenvalue weighted by atomic mass is 16.5. The molecule has 1 aromatic heterocycles. The zero-order valence-corrected chi connectivity index (χ0v) is 15.6. The van der Waals surface area contributed by atoms with Gasteiger partial charge < -0.3 is 15.4 Å². The largest absolute Gasteiger partial charge is 0.462 e. The van der Waals surface area contributed by atoms with E-state index in [-0.39, 0.29) is 18.2 Å². The van der Waals surface area contributed by atoms with E-state index in [4.69, 9.17) is 4.74 Å². The summed E-state index contributed by atoms with van der Waals surface area (Å²) in [6, 6.07) is 17.6. The highest BCUT2D eigenvalue weighted by Crippen LogP contribution is 2.20. The minimum absolute atomic E-state index is 0.187. The molecule has 0 unspecified atom stereocenters. The number of aromatic nitrogens is 2. The highest BCUT2D eigenvalue weighted by Gasteiger charge is 2.13. The van der Waals surface area contributed by atoms with Crippen molar-refractivity contribution in [1.82, 2.24) is 10.2 Å². The fourth-order valence-corrected chi connectivity index (χ4v) is 2.54. The van der Waals surface area contributed by atoms with Crippen LogP contribution in [0.15, 0.2) is 60.7 Å². The average molecular weight is 376 g/mol. The summed E-state index contributed by atoms with van der Waals surface area (Å²) < 4.78 is 5.06. The number of ether oxygens (including phenoxy) is 1. The Morgan fingerprint density at radius 3 is 2.32 bits per heavy atom. The Bertz CT molecular complexity index is 987. The van der Waals surface area contributed by atoms with E-state index in [9.17, 15) is 9.59 Å². The summed E-state index contributed by atoms with van der Waals surface area (Å²) in [7, 11) is 0. The van der Waals surface area contributed by atoms with E-state index in [1.807, 2.05) is 31.2 Å². The molecule has 3 aromatic rings. The number of carbonyl (C=O) groups excluding carboxylic acids is 2. The molecular weight excluding hydrogens is 356 g/mol. The third kappa shape index (κ3) is 4.50. The van der Waals surface area contributed by atoms with Crippen molar-refractivity contribution in [1.29, 1.82) is 0 Å². The third-order valence-corrected chi connectivity index (χ3v) is 3.98. The summed E-state index contributed by atoms with van der Waals surface area (Å²) in [5.41, 5.74) is 2.81. The van der Waals surface area contributed by atoms with Gasteiger partial charge in [0.1, 0.15) is 0 Å². The normalized spacial score (nSPS) is 10.2. The summed E-state index contributed by atoms with van der Waals surface area (Å²) in [5, 5.41) is 13.8. The van der Waals surface area contributed by atoms with Crippen molar-refractivity contribution in [3.05, 3.63) is 77.5 Å². The van der Waals surface area contributed by atoms with Gasteiger partial charge in [-0.3, -0.25) is 4.79 Å². The molecule has 0 saturated carbocycles. The molecule has 0 radical (unpaired) electrons. The highest BCUT2D eigenvalue weighted by molar-refractivity contribution is 6.03. The number of rotatable bonds is 6. The summed E-state index contributed by atoms with van der Waals surface area (Å²) in [4.78, 5) is 24.4. The molecule has 1 amide bonds. The Morgan fingerprint density at radius 1 is 0.929 bits per heavy atom. The first-order chi connectivity index (χ1) is 13.6. The molecule has 142 valence electrons. The predicted molar refractivity (Wildman–Crippen MR) is 107 cm³/mol. The fourth-order valence-electron chi connectivity index (χ4n) is 2.54. The van der Waals surface area contributed by atoms with Crippen LogP contribution in [0, 0.1) is 6.92 Å². The SMILES string of the molecule is CCOC(=O)c1ccccc1Nc1ccc(C(=O)Nc2ccccc2C)nn1. The zero-order chi connectivity index (χ0) is 19.9. The maximum absolute atomic E-state index is 12.4. The van der Waals surface area contributed by atoms with Crippen molar-refractivity contribution >= 4 is 29.1 Å². The second-order valence-electron chi connectivity index (χ2n) is 5.96. The second kappa shape index (κ2) is 8.77. The molecule has 0 spiro atoms. The van der Waals surface area contributed by atoms with Crippen LogP contribution in [0.4, 0.5) is 17.2 Å². The van der Waals surface area contributed by atoms with Gasteiger partial charge in [-0.25, -0.2) is 4.79 Å². The molecule has 7 heteroatoms. The van der Waals surface area contributed by atoms with Crippen LogP contribution in [0.3, 0.4) is 0 Å². The Kier molecular flexibility index (Phi) is 5.96. The topological polar surface area (TPSA) is 93.2 Å². The quantitative estimate of drug-likeness (QED) is 0.633. The lowest BCUT2D eigenvalue weighted by Crippen LogP contribution is -2.15. The molecule has 2 N–H and O–H groups in total. The molecule has 0 aliphatic carbocycles. The van der Waals surface area contributed by atoms with Gasteiger partial charge in [0, 0.05) is 5.69 Å². The Balaban J connectivity index is 1.73. The van der Waals surface area contributed by atoms with Gasteiger partial charge in [0.2, 0.25) is 0 Å². The number of nitrogens with zero attached hydrogens (tertiary/aromatic N) is 2. The maximum atomic E-state index is 12.4. The van der Waals surface area contributed by atoms with Crippen LogP contribution in [0.1, 0.15) is 33.3 Å². The average Bonchev–Trinajstić information content (AvgIpc) is 2.71. The van der Waals surface area contributed by atoms with E-state index in [1.165, 1.54) is 0 Å². The Morgan fingerprint density at radius 2 is 1.64 bits per heavy atom. The minimum atomic E-state index is -0.423. The molecule has 0 saturated heterocycles. The number of esters is 1. The van der Waals surface area contributed by atoms with Gasteiger partial charge in [0.15, 0.2) is 11.5 Å². The molecule has 3 rings (SSSR count). The first kappa shape index (κ1) is 19.0. The van der Waals surface area contributed by atoms with Gasteiger partial charge in [-0.2, -0.15) is 0 Å². The Hall–Kier alpha value is -3.74. The van der Waals surface area contributed by atoms with Crippen LogP contribution >= 0.6 is 0 Å². The fraction of sp³-hybridized carbons (Fsp3) is 0.143.